The Morgan fingerprint density at radius 3 is 1.40 bits per heavy atom. The average Bonchev–Trinajstić information content (AvgIpc) is 3.31. The van der Waals surface area contributed by atoms with Gasteiger partial charge >= 0.3 is 0 Å². The summed E-state index contributed by atoms with van der Waals surface area (Å²) in [4.78, 5) is 15.0. The molecule has 0 aliphatic rings. The number of nitrogens with zero attached hydrogens (tertiary/aromatic N) is 3. The van der Waals surface area contributed by atoms with E-state index in [9.17, 15) is 0 Å². The Balaban J connectivity index is 1.01. The molecule has 3 nitrogen and oxygen atoms in total. The van der Waals surface area contributed by atoms with Gasteiger partial charge in [0.2, 0.25) is 0 Å². The molecule has 0 fully saturated rings. The lowest BCUT2D eigenvalue weighted by Crippen LogP contribution is -1.96. The Labute approximate surface area is 336 Å². The summed E-state index contributed by atoms with van der Waals surface area (Å²) in [5, 5.41) is 9.79. The SMILES string of the molecule is c1ccc2c(-c3ccc(-c4nc(-c5ccc(-c6cncc7ccccc67)cc5)cc(-c5ccc(-c6cc7ccccc7c7ccccc67)cc5)n4)cc3)cccc2c1. The van der Waals surface area contributed by atoms with E-state index in [4.69, 9.17) is 9.97 Å². The summed E-state index contributed by atoms with van der Waals surface area (Å²) in [6.45, 7) is 0. The minimum absolute atomic E-state index is 0.684. The first-order valence-corrected chi connectivity index (χ1v) is 19.7. The summed E-state index contributed by atoms with van der Waals surface area (Å²) in [6.07, 6.45) is 3.87. The van der Waals surface area contributed by atoms with E-state index in [1.807, 2.05) is 12.4 Å². The monoisotopic (exact) mass is 737 g/mol. The lowest BCUT2D eigenvalue weighted by Gasteiger charge is -2.13. The zero-order valence-electron chi connectivity index (χ0n) is 31.5. The molecule has 11 rings (SSSR count). The molecule has 11 aromatic rings. The Hall–Kier alpha value is -7.75. The highest BCUT2D eigenvalue weighted by Crippen LogP contribution is 2.37. The number of pyridine rings is 1. The molecular formula is C55H35N3. The van der Waals surface area contributed by atoms with Gasteiger partial charge in [-0.3, -0.25) is 4.98 Å². The summed E-state index contributed by atoms with van der Waals surface area (Å²) in [7, 11) is 0. The molecule has 0 unspecified atom stereocenters. The number of rotatable bonds is 6. The lowest BCUT2D eigenvalue weighted by molar-refractivity contribution is 1.18. The van der Waals surface area contributed by atoms with Crippen LogP contribution < -0.4 is 0 Å². The van der Waals surface area contributed by atoms with Crippen molar-refractivity contribution in [2.45, 2.75) is 0 Å². The normalized spacial score (nSPS) is 11.4. The molecule has 9 aromatic carbocycles. The van der Waals surface area contributed by atoms with Crippen LogP contribution in [0.4, 0.5) is 0 Å². The van der Waals surface area contributed by atoms with Gasteiger partial charge in [0.15, 0.2) is 5.82 Å². The van der Waals surface area contributed by atoms with Gasteiger partial charge in [-0.15, -0.1) is 0 Å². The molecule has 3 heteroatoms. The second-order valence-corrected chi connectivity index (χ2v) is 14.8. The highest BCUT2D eigenvalue weighted by atomic mass is 14.9. The molecule has 0 bridgehead atoms. The second kappa shape index (κ2) is 14.1. The van der Waals surface area contributed by atoms with Crippen LogP contribution >= 0.6 is 0 Å². The van der Waals surface area contributed by atoms with Crippen LogP contribution in [0.15, 0.2) is 213 Å². The quantitative estimate of drug-likeness (QED) is 0.160. The molecule has 2 heterocycles. The van der Waals surface area contributed by atoms with Gasteiger partial charge in [0.25, 0.3) is 0 Å². The molecule has 0 N–H and O–H groups in total. The number of aromatic nitrogens is 3. The smallest absolute Gasteiger partial charge is 0.160 e. The topological polar surface area (TPSA) is 38.7 Å². The highest BCUT2D eigenvalue weighted by Gasteiger charge is 2.14. The van der Waals surface area contributed by atoms with E-state index in [1.54, 1.807) is 0 Å². The van der Waals surface area contributed by atoms with Crippen LogP contribution in [0.3, 0.4) is 0 Å². The van der Waals surface area contributed by atoms with Crippen molar-refractivity contribution in [3.63, 3.8) is 0 Å². The van der Waals surface area contributed by atoms with Gasteiger partial charge in [-0.25, -0.2) is 9.97 Å². The molecule has 0 amide bonds. The van der Waals surface area contributed by atoms with Crippen LogP contribution in [0.2, 0.25) is 0 Å². The molecule has 0 saturated heterocycles. The molecule has 270 valence electrons. The maximum Gasteiger partial charge on any atom is 0.160 e. The summed E-state index contributed by atoms with van der Waals surface area (Å²) >= 11 is 0. The molecule has 0 radical (unpaired) electrons. The number of hydrogen-bond acceptors (Lipinski definition) is 3. The first-order chi connectivity index (χ1) is 28.7. The van der Waals surface area contributed by atoms with E-state index in [0.717, 1.165) is 50.2 Å². The van der Waals surface area contributed by atoms with Gasteiger partial charge < -0.3 is 0 Å². The fourth-order valence-electron chi connectivity index (χ4n) is 8.43. The average molecular weight is 738 g/mol. The predicted molar refractivity (Wildman–Crippen MR) is 242 cm³/mol. The first kappa shape index (κ1) is 33.6. The molecule has 0 aliphatic heterocycles. The molecule has 0 saturated carbocycles. The summed E-state index contributed by atoms with van der Waals surface area (Å²) in [5.41, 5.74) is 11.7. The van der Waals surface area contributed by atoms with E-state index in [-0.39, 0.29) is 0 Å². The van der Waals surface area contributed by atoms with Crippen LogP contribution in [0.25, 0.3) is 110 Å². The summed E-state index contributed by atoms with van der Waals surface area (Å²) in [5.74, 6) is 0.684. The van der Waals surface area contributed by atoms with Crippen molar-refractivity contribution in [2.24, 2.45) is 0 Å². The minimum atomic E-state index is 0.684. The minimum Gasteiger partial charge on any atom is -0.263 e. The lowest BCUT2D eigenvalue weighted by atomic mass is 9.92. The Morgan fingerprint density at radius 2 is 0.724 bits per heavy atom. The molecule has 0 aliphatic carbocycles. The van der Waals surface area contributed by atoms with Crippen molar-refractivity contribution in [2.75, 3.05) is 0 Å². The molecule has 0 atom stereocenters. The largest absolute Gasteiger partial charge is 0.263 e. The van der Waals surface area contributed by atoms with E-state index in [2.05, 4.69) is 205 Å². The highest BCUT2D eigenvalue weighted by molar-refractivity contribution is 6.13. The predicted octanol–water partition coefficient (Wildman–Crippen LogP) is 14.5. The molecular weight excluding hydrogens is 703 g/mol. The first-order valence-electron chi connectivity index (χ1n) is 19.7. The van der Waals surface area contributed by atoms with Gasteiger partial charge in [0.05, 0.1) is 11.4 Å². The Bertz CT molecular complexity index is 3160. The summed E-state index contributed by atoms with van der Waals surface area (Å²) in [6, 6.07) is 71.3. The van der Waals surface area contributed by atoms with Crippen molar-refractivity contribution < 1.29 is 0 Å². The third-order valence-corrected chi connectivity index (χ3v) is 11.4. The van der Waals surface area contributed by atoms with Gasteiger partial charge in [-0.2, -0.15) is 0 Å². The maximum atomic E-state index is 5.22. The van der Waals surface area contributed by atoms with Crippen LogP contribution in [-0.2, 0) is 0 Å². The zero-order chi connectivity index (χ0) is 38.4. The third-order valence-electron chi connectivity index (χ3n) is 11.4. The third kappa shape index (κ3) is 5.98. The Morgan fingerprint density at radius 1 is 0.259 bits per heavy atom. The van der Waals surface area contributed by atoms with E-state index in [0.29, 0.717) is 5.82 Å². The van der Waals surface area contributed by atoms with Crippen LogP contribution in [0.1, 0.15) is 0 Å². The van der Waals surface area contributed by atoms with E-state index in [1.165, 1.54) is 54.4 Å². The second-order valence-electron chi connectivity index (χ2n) is 14.8. The number of benzene rings is 9. The zero-order valence-corrected chi connectivity index (χ0v) is 31.5. The van der Waals surface area contributed by atoms with Crippen LogP contribution in [-0.4, -0.2) is 15.0 Å². The van der Waals surface area contributed by atoms with E-state index >= 15 is 0 Å². The number of hydrogen-bond donors (Lipinski definition) is 0. The van der Waals surface area contributed by atoms with Crippen molar-refractivity contribution in [3.05, 3.63) is 213 Å². The van der Waals surface area contributed by atoms with Gasteiger partial charge in [-0.05, 0) is 77.7 Å². The van der Waals surface area contributed by atoms with Gasteiger partial charge in [0, 0.05) is 40.0 Å². The summed E-state index contributed by atoms with van der Waals surface area (Å²) < 4.78 is 0. The van der Waals surface area contributed by atoms with Crippen molar-refractivity contribution in [1.82, 2.24) is 15.0 Å². The number of fused-ring (bicyclic) bond motifs is 5. The molecule has 58 heavy (non-hydrogen) atoms. The van der Waals surface area contributed by atoms with Crippen molar-refractivity contribution >= 4 is 43.1 Å². The fraction of sp³-hybridized carbons (Fsp3) is 0. The fourth-order valence-corrected chi connectivity index (χ4v) is 8.43. The molecule has 0 spiro atoms. The van der Waals surface area contributed by atoms with Crippen molar-refractivity contribution in [1.29, 1.82) is 0 Å². The van der Waals surface area contributed by atoms with Crippen LogP contribution in [0.5, 0.6) is 0 Å². The van der Waals surface area contributed by atoms with Gasteiger partial charge in [-0.1, -0.05) is 188 Å². The van der Waals surface area contributed by atoms with Gasteiger partial charge in [0.1, 0.15) is 0 Å². The maximum absolute atomic E-state index is 5.22. The van der Waals surface area contributed by atoms with Crippen molar-refractivity contribution in [3.8, 4) is 67.3 Å². The van der Waals surface area contributed by atoms with Crippen LogP contribution in [0, 0.1) is 0 Å². The van der Waals surface area contributed by atoms with E-state index < -0.39 is 0 Å². The standard InChI is InChI=1S/C55H35N3/c1-4-14-45-36(10-1)13-9-19-46(45)37-24-30-42(31-25-37)55-57-53(33-54(58-55)41-28-22-39(23-29-41)52-35-56-34-44-12-3-6-16-48(44)52)40-26-20-38(21-27-40)51-32-43-11-2-5-15-47(43)49-17-7-8-18-50(49)51/h1-35H. The molecule has 2 aromatic heterocycles. The Kier molecular flexibility index (Phi) is 8.15.